The molecule has 0 fully saturated rings. The molecule has 0 saturated heterocycles. The van der Waals surface area contributed by atoms with Crippen molar-refractivity contribution in [2.24, 2.45) is 0 Å². The maximum atomic E-state index is 11.9. The number of aromatic nitrogens is 1. The summed E-state index contributed by atoms with van der Waals surface area (Å²) in [6.07, 6.45) is 2.01. The molecule has 0 aliphatic rings. The monoisotopic (exact) mass is 279 g/mol. The van der Waals surface area contributed by atoms with Gasteiger partial charge in [-0.3, -0.25) is 0 Å². The summed E-state index contributed by atoms with van der Waals surface area (Å²) < 4.78 is 6.97. The summed E-state index contributed by atoms with van der Waals surface area (Å²) in [5, 5.41) is 1.05. The average Bonchev–Trinajstić information content (AvgIpc) is 2.92. The van der Waals surface area contributed by atoms with Crippen molar-refractivity contribution in [3.63, 3.8) is 0 Å². The van der Waals surface area contributed by atoms with Crippen LogP contribution in [-0.4, -0.2) is 17.6 Å². The minimum absolute atomic E-state index is 0.301. The second kappa shape index (κ2) is 5.44. The van der Waals surface area contributed by atoms with Gasteiger partial charge in [0.2, 0.25) is 0 Å². The molecule has 0 aliphatic heterocycles. The molecule has 2 aromatic carbocycles. The Hall–Kier alpha value is -2.55. The van der Waals surface area contributed by atoms with Crippen LogP contribution in [0.5, 0.6) is 0 Å². The maximum Gasteiger partial charge on any atom is 0.340 e. The Morgan fingerprint density at radius 2 is 1.86 bits per heavy atom. The summed E-state index contributed by atoms with van der Waals surface area (Å²) in [4.78, 5) is 11.9. The number of ether oxygens (including phenoxy) is 1. The van der Waals surface area contributed by atoms with Crippen LogP contribution in [0, 0.1) is 6.92 Å². The van der Waals surface area contributed by atoms with E-state index in [0.717, 1.165) is 17.4 Å². The van der Waals surface area contributed by atoms with E-state index in [9.17, 15) is 4.79 Å². The van der Waals surface area contributed by atoms with E-state index in [1.54, 1.807) is 6.07 Å². The zero-order chi connectivity index (χ0) is 14.8. The minimum atomic E-state index is -0.301. The Balaban J connectivity index is 2.06. The summed E-state index contributed by atoms with van der Waals surface area (Å²) in [5.41, 5.74) is 3.97. The molecule has 3 aromatic rings. The fourth-order valence-electron chi connectivity index (χ4n) is 2.56. The van der Waals surface area contributed by atoms with Gasteiger partial charge in [-0.2, -0.15) is 0 Å². The summed E-state index contributed by atoms with van der Waals surface area (Å²) >= 11 is 0. The molecule has 1 heterocycles. The van der Waals surface area contributed by atoms with Crippen LogP contribution in [0.1, 0.15) is 21.5 Å². The lowest BCUT2D eigenvalue weighted by Gasteiger charge is -2.09. The molecule has 0 amide bonds. The quantitative estimate of drug-likeness (QED) is 0.683. The predicted molar refractivity (Wildman–Crippen MR) is 83.6 cm³/mol. The number of benzene rings is 2. The highest BCUT2D eigenvalue weighted by Gasteiger charge is 2.13. The van der Waals surface area contributed by atoms with E-state index >= 15 is 0 Å². The number of carbonyl (C=O) groups is 1. The van der Waals surface area contributed by atoms with Crippen molar-refractivity contribution < 1.29 is 9.53 Å². The maximum absolute atomic E-state index is 11.9. The van der Waals surface area contributed by atoms with E-state index in [-0.39, 0.29) is 5.97 Å². The normalized spacial score (nSPS) is 10.8. The molecular weight excluding hydrogens is 262 g/mol. The minimum Gasteiger partial charge on any atom is -0.465 e. The first-order valence-corrected chi connectivity index (χ1v) is 6.91. The summed E-state index contributed by atoms with van der Waals surface area (Å²) in [6, 6.07) is 16.1. The van der Waals surface area contributed by atoms with Crippen LogP contribution >= 0.6 is 0 Å². The molecule has 3 heteroatoms. The molecule has 0 spiro atoms. The van der Waals surface area contributed by atoms with Crippen LogP contribution in [0.4, 0.5) is 0 Å². The van der Waals surface area contributed by atoms with E-state index in [4.69, 9.17) is 4.74 Å². The van der Waals surface area contributed by atoms with Crippen LogP contribution in [0.15, 0.2) is 54.7 Å². The van der Waals surface area contributed by atoms with Crippen molar-refractivity contribution in [2.75, 3.05) is 7.11 Å². The predicted octanol–water partition coefficient (Wildman–Crippen LogP) is 3.78. The van der Waals surface area contributed by atoms with Crippen molar-refractivity contribution in [3.8, 4) is 0 Å². The van der Waals surface area contributed by atoms with E-state index in [1.165, 1.54) is 18.2 Å². The summed E-state index contributed by atoms with van der Waals surface area (Å²) in [6.45, 7) is 2.81. The number of hydrogen-bond donors (Lipinski definition) is 0. The molecule has 106 valence electrons. The molecule has 0 radical (unpaired) electrons. The lowest BCUT2D eigenvalue weighted by atomic mass is 10.1. The number of carbonyl (C=O) groups excluding carboxylic acids is 1. The Bertz CT molecular complexity index is 785. The zero-order valence-corrected chi connectivity index (χ0v) is 12.2. The highest BCUT2D eigenvalue weighted by Crippen LogP contribution is 2.22. The van der Waals surface area contributed by atoms with E-state index < -0.39 is 0 Å². The fraction of sp³-hybridized carbons (Fsp3) is 0.167. The molecule has 3 rings (SSSR count). The molecule has 0 bridgehead atoms. The third-order valence-electron chi connectivity index (χ3n) is 3.67. The largest absolute Gasteiger partial charge is 0.465 e. The van der Waals surface area contributed by atoms with Crippen molar-refractivity contribution in [3.05, 3.63) is 71.4 Å². The second-order valence-electron chi connectivity index (χ2n) is 5.16. The van der Waals surface area contributed by atoms with Crippen molar-refractivity contribution >= 4 is 16.9 Å². The zero-order valence-electron chi connectivity index (χ0n) is 12.2. The van der Waals surface area contributed by atoms with Gasteiger partial charge in [0.25, 0.3) is 0 Å². The van der Waals surface area contributed by atoms with Crippen molar-refractivity contribution in [1.82, 2.24) is 4.57 Å². The summed E-state index contributed by atoms with van der Waals surface area (Å²) in [7, 11) is 1.41. The van der Waals surface area contributed by atoms with Crippen LogP contribution in [-0.2, 0) is 11.3 Å². The van der Waals surface area contributed by atoms with Gasteiger partial charge in [-0.15, -0.1) is 0 Å². The van der Waals surface area contributed by atoms with Gasteiger partial charge in [-0.1, -0.05) is 42.0 Å². The van der Waals surface area contributed by atoms with Gasteiger partial charge >= 0.3 is 5.97 Å². The van der Waals surface area contributed by atoms with Crippen LogP contribution in [0.2, 0.25) is 0 Å². The van der Waals surface area contributed by atoms with Crippen LogP contribution in [0.25, 0.3) is 10.9 Å². The topological polar surface area (TPSA) is 31.2 Å². The van der Waals surface area contributed by atoms with Gasteiger partial charge in [-0.05, 0) is 24.6 Å². The number of para-hydroxylation sites is 1. The molecular formula is C18H17NO2. The molecule has 3 nitrogen and oxygen atoms in total. The van der Waals surface area contributed by atoms with E-state index in [1.807, 2.05) is 24.4 Å². The number of hydrogen-bond acceptors (Lipinski definition) is 2. The van der Waals surface area contributed by atoms with Crippen LogP contribution < -0.4 is 0 Å². The SMILES string of the molecule is COC(=O)c1cccc2ccn(Cc3ccc(C)cc3)c12. The first-order valence-electron chi connectivity index (χ1n) is 6.91. The Morgan fingerprint density at radius 1 is 1.10 bits per heavy atom. The third kappa shape index (κ3) is 2.55. The van der Waals surface area contributed by atoms with Crippen LogP contribution in [0.3, 0.4) is 0 Å². The Morgan fingerprint density at radius 3 is 2.57 bits per heavy atom. The first-order chi connectivity index (χ1) is 10.2. The molecule has 0 unspecified atom stereocenters. The smallest absolute Gasteiger partial charge is 0.340 e. The lowest BCUT2D eigenvalue weighted by Crippen LogP contribution is -2.06. The van der Waals surface area contributed by atoms with Gasteiger partial charge < -0.3 is 9.30 Å². The Labute approximate surface area is 123 Å². The van der Waals surface area contributed by atoms with E-state index in [0.29, 0.717) is 5.56 Å². The van der Waals surface area contributed by atoms with E-state index in [2.05, 4.69) is 35.8 Å². The molecule has 0 N–H and O–H groups in total. The fourth-order valence-corrected chi connectivity index (χ4v) is 2.56. The lowest BCUT2D eigenvalue weighted by molar-refractivity contribution is 0.0602. The highest BCUT2D eigenvalue weighted by molar-refractivity contribution is 6.03. The highest BCUT2D eigenvalue weighted by atomic mass is 16.5. The Kier molecular flexibility index (Phi) is 3.48. The van der Waals surface area contributed by atoms with Gasteiger partial charge in [0.15, 0.2) is 0 Å². The average molecular weight is 279 g/mol. The third-order valence-corrected chi connectivity index (χ3v) is 3.67. The number of rotatable bonds is 3. The van der Waals surface area contributed by atoms with Gasteiger partial charge in [0.05, 0.1) is 18.2 Å². The number of methoxy groups -OCH3 is 1. The van der Waals surface area contributed by atoms with Crippen molar-refractivity contribution in [1.29, 1.82) is 0 Å². The van der Waals surface area contributed by atoms with Crippen molar-refractivity contribution in [2.45, 2.75) is 13.5 Å². The standard InChI is InChI=1S/C18H17NO2/c1-13-6-8-14(9-7-13)12-19-11-10-15-4-3-5-16(17(15)19)18(20)21-2/h3-11H,12H2,1-2H3. The van der Waals surface area contributed by atoms with Gasteiger partial charge in [-0.25, -0.2) is 4.79 Å². The molecule has 1 aromatic heterocycles. The number of esters is 1. The molecule has 0 atom stereocenters. The number of fused-ring (bicyclic) bond motifs is 1. The molecule has 0 aliphatic carbocycles. The first kappa shape index (κ1) is 13.4. The van der Waals surface area contributed by atoms with Gasteiger partial charge in [0, 0.05) is 18.1 Å². The summed E-state index contributed by atoms with van der Waals surface area (Å²) in [5.74, 6) is -0.301. The molecule has 21 heavy (non-hydrogen) atoms. The number of aryl methyl sites for hydroxylation is 1. The second-order valence-corrected chi connectivity index (χ2v) is 5.16. The molecule has 0 saturated carbocycles. The number of nitrogens with zero attached hydrogens (tertiary/aromatic N) is 1. The van der Waals surface area contributed by atoms with Gasteiger partial charge in [0.1, 0.15) is 0 Å².